The Balaban J connectivity index is 0.00000120. The predicted octanol–water partition coefficient (Wildman–Crippen LogP) is 3.65. The van der Waals surface area contributed by atoms with Gasteiger partial charge in [0.05, 0.1) is 3.79 Å². The summed E-state index contributed by atoms with van der Waals surface area (Å²) in [6.07, 6.45) is 5.44. The van der Waals surface area contributed by atoms with Gasteiger partial charge in [-0.25, -0.2) is 0 Å². The fraction of sp³-hybridized carbons (Fsp3) is 0.692. The number of nitrogens with one attached hydrogen (secondary N) is 1. The summed E-state index contributed by atoms with van der Waals surface area (Å²) in [7, 11) is 2.28. The molecular formula is C13H20BrClN2S. The topological polar surface area (TPSA) is 15.3 Å². The standard InChI is InChI=1S/C13H19BrN2S.ClH/c1-16(8-12-4-5-13(14)17-12)11-6-9-2-3-10(7-11)15-9;/h4-5,9-11,15H,2-3,6-8H2,1H3;1H. The summed E-state index contributed by atoms with van der Waals surface area (Å²) in [5.41, 5.74) is 0. The van der Waals surface area contributed by atoms with E-state index in [0.717, 1.165) is 24.7 Å². The molecule has 2 fully saturated rings. The number of thiophene rings is 1. The van der Waals surface area contributed by atoms with E-state index in [1.807, 2.05) is 11.3 Å². The highest BCUT2D eigenvalue weighted by molar-refractivity contribution is 9.11. The molecule has 2 nitrogen and oxygen atoms in total. The van der Waals surface area contributed by atoms with Gasteiger partial charge in [0, 0.05) is 29.5 Å². The molecule has 3 heterocycles. The summed E-state index contributed by atoms with van der Waals surface area (Å²) in [4.78, 5) is 4.01. The van der Waals surface area contributed by atoms with Gasteiger partial charge in [0.1, 0.15) is 0 Å². The van der Waals surface area contributed by atoms with Crippen LogP contribution in [0.5, 0.6) is 0 Å². The zero-order valence-electron chi connectivity index (χ0n) is 10.6. The average Bonchev–Trinajstić information content (AvgIpc) is 2.85. The Bertz CT molecular complexity index is 386. The first kappa shape index (κ1) is 14.8. The molecular weight excluding hydrogens is 332 g/mol. The van der Waals surface area contributed by atoms with Crippen molar-refractivity contribution >= 4 is 39.7 Å². The number of halogens is 2. The molecule has 3 rings (SSSR count). The molecule has 1 aromatic heterocycles. The highest BCUT2D eigenvalue weighted by Gasteiger charge is 2.34. The first-order valence-corrected chi connectivity index (χ1v) is 8.02. The molecule has 0 saturated carbocycles. The van der Waals surface area contributed by atoms with Crippen LogP contribution in [0, 0.1) is 0 Å². The van der Waals surface area contributed by atoms with Gasteiger partial charge in [-0.3, -0.25) is 4.90 Å². The molecule has 2 aliphatic rings. The lowest BCUT2D eigenvalue weighted by Crippen LogP contribution is -2.46. The van der Waals surface area contributed by atoms with Gasteiger partial charge in [-0.2, -0.15) is 0 Å². The number of hydrogen-bond donors (Lipinski definition) is 1. The molecule has 2 aliphatic heterocycles. The zero-order valence-corrected chi connectivity index (χ0v) is 13.8. The second kappa shape index (κ2) is 6.23. The number of rotatable bonds is 3. The molecule has 2 atom stereocenters. The monoisotopic (exact) mass is 350 g/mol. The normalized spacial score (nSPS) is 30.5. The van der Waals surface area contributed by atoms with Crippen molar-refractivity contribution in [2.24, 2.45) is 0 Å². The lowest BCUT2D eigenvalue weighted by molar-refractivity contribution is 0.167. The van der Waals surface area contributed by atoms with Gasteiger partial charge >= 0.3 is 0 Å². The number of nitrogens with zero attached hydrogens (tertiary/aromatic N) is 1. The molecule has 1 aromatic rings. The summed E-state index contributed by atoms with van der Waals surface area (Å²) in [5, 5.41) is 3.71. The van der Waals surface area contributed by atoms with Crippen molar-refractivity contribution in [1.82, 2.24) is 10.2 Å². The van der Waals surface area contributed by atoms with E-state index in [1.54, 1.807) is 0 Å². The molecule has 0 aromatic carbocycles. The Morgan fingerprint density at radius 2 is 2.00 bits per heavy atom. The number of fused-ring (bicyclic) bond motifs is 2. The van der Waals surface area contributed by atoms with Crippen LogP contribution in [-0.4, -0.2) is 30.1 Å². The first-order chi connectivity index (χ1) is 8.20. The van der Waals surface area contributed by atoms with Crippen LogP contribution in [0.4, 0.5) is 0 Å². The van der Waals surface area contributed by atoms with Crippen LogP contribution < -0.4 is 5.32 Å². The summed E-state index contributed by atoms with van der Waals surface area (Å²) in [5.74, 6) is 0. The van der Waals surface area contributed by atoms with Crippen molar-refractivity contribution in [2.75, 3.05) is 7.05 Å². The summed E-state index contributed by atoms with van der Waals surface area (Å²) >= 11 is 5.39. The maximum atomic E-state index is 3.71. The van der Waals surface area contributed by atoms with Gasteiger partial charge in [-0.1, -0.05) is 0 Å². The Morgan fingerprint density at radius 1 is 1.33 bits per heavy atom. The summed E-state index contributed by atoms with van der Waals surface area (Å²) in [6.45, 7) is 1.10. The summed E-state index contributed by atoms with van der Waals surface area (Å²) < 4.78 is 1.24. The predicted molar refractivity (Wildman–Crippen MR) is 83.7 cm³/mol. The lowest BCUT2D eigenvalue weighted by Gasteiger charge is -2.35. The Labute approximate surface area is 128 Å². The van der Waals surface area contributed by atoms with Gasteiger partial charge in [0.25, 0.3) is 0 Å². The molecule has 18 heavy (non-hydrogen) atoms. The molecule has 2 saturated heterocycles. The van der Waals surface area contributed by atoms with Gasteiger partial charge in [-0.05, 0) is 60.8 Å². The van der Waals surface area contributed by atoms with Gasteiger partial charge in [0.2, 0.25) is 0 Å². The number of piperidine rings is 1. The maximum Gasteiger partial charge on any atom is 0.0701 e. The van der Waals surface area contributed by atoms with Gasteiger partial charge in [0.15, 0.2) is 0 Å². The van der Waals surface area contributed by atoms with Crippen molar-refractivity contribution < 1.29 is 0 Å². The third-order valence-electron chi connectivity index (χ3n) is 4.11. The smallest absolute Gasteiger partial charge is 0.0701 e. The van der Waals surface area contributed by atoms with Crippen molar-refractivity contribution in [3.63, 3.8) is 0 Å². The van der Waals surface area contributed by atoms with Crippen molar-refractivity contribution in [1.29, 1.82) is 0 Å². The lowest BCUT2D eigenvalue weighted by atomic mass is 9.98. The highest BCUT2D eigenvalue weighted by atomic mass is 79.9. The minimum Gasteiger partial charge on any atom is -0.311 e. The minimum absolute atomic E-state index is 0. The quantitative estimate of drug-likeness (QED) is 0.894. The summed E-state index contributed by atoms with van der Waals surface area (Å²) in [6, 6.07) is 6.74. The van der Waals surface area contributed by atoms with Crippen LogP contribution >= 0.6 is 39.7 Å². The van der Waals surface area contributed by atoms with Crippen molar-refractivity contribution in [3.05, 3.63) is 20.8 Å². The molecule has 2 bridgehead atoms. The average molecular weight is 352 g/mol. The van der Waals surface area contributed by atoms with Crippen molar-refractivity contribution in [3.8, 4) is 0 Å². The molecule has 0 aliphatic carbocycles. The SMILES string of the molecule is CN(Cc1ccc(Br)s1)C1CC2CCC(C1)N2.Cl. The van der Waals surface area contributed by atoms with E-state index in [2.05, 4.69) is 45.3 Å². The van der Waals surface area contributed by atoms with Crippen molar-refractivity contribution in [2.45, 2.75) is 50.4 Å². The van der Waals surface area contributed by atoms with Crippen LogP contribution in [0.1, 0.15) is 30.6 Å². The molecule has 0 spiro atoms. The van der Waals surface area contributed by atoms with E-state index in [1.165, 1.54) is 34.3 Å². The van der Waals surface area contributed by atoms with Gasteiger partial charge < -0.3 is 5.32 Å². The Hall–Kier alpha value is 0.390. The second-order valence-electron chi connectivity index (χ2n) is 5.38. The molecule has 102 valence electrons. The van der Waals surface area contributed by atoms with E-state index in [-0.39, 0.29) is 12.4 Å². The van der Waals surface area contributed by atoms with E-state index in [4.69, 9.17) is 0 Å². The molecule has 1 N–H and O–H groups in total. The first-order valence-electron chi connectivity index (χ1n) is 6.41. The van der Waals surface area contributed by atoms with E-state index < -0.39 is 0 Å². The maximum absolute atomic E-state index is 3.71. The molecule has 0 radical (unpaired) electrons. The van der Waals surface area contributed by atoms with Crippen LogP contribution in [0.3, 0.4) is 0 Å². The Morgan fingerprint density at radius 3 is 2.56 bits per heavy atom. The molecule has 5 heteroatoms. The molecule has 2 unspecified atom stereocenters. The van der Waals surface area contributed by atoms with Crippen LogP contribution in [0.25, 0.3) is 0 Å². The zero-order chi connectivity index (χ0) is 11.8. The van der Waals surface area contributed by atoms with E-state index in [9.17, 15) is 0 Å². The third kappa shape index (κ3) is 3.28. The Kier molecular flexibility index (Phi) is 5.12. The van der Waals surface area contributed by atoms with Crippen LogP contribution in [0.2, 0.25) is 0 Å². The van der Waals surface area contributed by atoms with Crippen LogP contribution in [0.15, 0.2) is 15.9 Å². The van der Waals surface area contributed by atoms with E-state index in [0.29, 0.717) is 0 Å². The number of hydrogen-bond acceptors (Lipinski definition) is 3. The largest absolute Gasteiger partial charge is 0.311 e. The molecule has 0 amide bonds. The fourth-order valence-corrected chi connectivity index (χ4v) is 4.75. The fourth-order valence-electron chi connectivity index (χ4n) is 3.20. The minimum atomic E-state index is 0. The van der Waals surface area contributed by atoms with Gasteiger partial charge in [-0.15, -0.1) is 23.7 Å². The van der Waals surface area contributed by atoms with Crippen LogP contribution in [-0.2, 0) is 6.54 Å². The second-order valence-corrected chi connectivity index (χ2v) is 7.93. The van der Waals surface area contributed by atoms with E-state index >= 15 is 0 Å². The highest BCUT2D eigenvalue weighted by Crippen LogP contribution is 2.31. The third-order valence-corrected chi connectivity index (χ3v) is 5.71.